The maximum atomic E-state index is 13.1. The Balaban J connectivity index is 5.18. The van der Waals surface area contributed by atoms with Gasteiger partial charge in [0.2, 0.25) is 0 Å². The molecular weight excluding hydrogens is 1320 g/mol. The smallest absolute Gasteiger partial charge is 0.462 e. The number of carbonyl (C=O) groups excluding carboxylic acids is 4. The molecule has 0 aromatic rings. The minimum absolute atomic E-state index is 0.105. The summed E-state index contributed by atoms with van der Waals surface area (Å²) < 4.78 is 68.6. The number of hydrogen-bond donors (Lipinski definition) is 3. The molecule has 0 fully saturated rings. The topological polar surface area (TPSA) is 237 Å². The van der Waals surface area contributed by atoms with Gasteiger partial charge in [0, 0.05) is 25.7 Å². The van der Waals surface area contributed by atoms with E-state index in [2.05, 4.69) is 41.5 Å². The highest BCUT2D eigenvalue weighted by Crippen LogP contribution is 2.45. The van der Waals surface area contributed by atoms with Crippen LogP contribution in [0, 0.1) is 11.8 Å². The predicted molar refractivity (Wildman–Crippen MR) is 414 cm³/mol. The Morgan fingerprint density at radius 3 is 0.673 bits per heavy atom. The van der Waals surface area contributed by atoms with Gasteiger partial charge in [0.05, 0.1) is 26.4 Å². The molecule has 0 aliphatic carbocycles. The van der Waals surface area contributed by atoms with Crippen molar-refractivity contribution in [1.82, 2.24) is 0 Å². The highest BCUT2D eigenvalue weighted by Gasteiger charge is 2.30. The van der Waals surface area contributed by atoms with Gasteiger partial charge in [-0.05, 0) is 37.5 Å². The zero-order valence-corrected chi connectivity index (χ0v) is 68.0. The summed E-state index contributed by atoms with van der Waals surface area (Å²) in [6.45, 7) is 9.61. The van der Waals surface area contributed by atoms with Gasteiger partial charge >= 0.3 is 39.5 Å². The van der Waals surface area contributed by atoms with E-state index >= 15 is 0 Å². The number of unbranched alkanes of at least 4 members (excludes halogenated alkanes) is 51. The number of phosphoric ester groups is 2. The first-order valence-electron chi connectivity index (χ1n) is 42.5. The average Bonchev–Trinajstić information content (AvgIpc) is 0.958. The van der Waals surface area contributed by atoms with Gasteiger partial charge in [0.1, 0.15) is 19.3 Å². The van der Waals surface area contributed by atoms with E-state index in [1.54, 1.807) is 0 Å². The highest BCUT2D eigenvalue weighted by atomic mass is 31.2. The van der Waals surface area contributed by atoms with Gasteiger partial charge in [-0.1, -0.05) is 382 Å². The molecule has 0 rings (SSSR count). The lowest BCUT2D eigenvalue weighted by atomic mass is 10.0. The molecule has 0 saturated heterocycles. The number of aliphatic hydroxyl groups excluding tert-OH is 1. The zero-order chi connectivity index (χ0) is 74.2. The van der Waals surface area contributed by atoms with Crippen LogP contribution in [0.5, 0.6) is 0 Å². The second-order valence-corrected chi connectivity index (χ2v) is 33.4. The number of hydrogen-bond acceptors (Lipinski definition) is 15. The monoisotopic (exact) mass is 1480 g/mol. The molecule has 0 spiro atoms. The molecule has 0 saturated carbocycles. The van der Waals surface area contributed by atoms with Gasteiger partial charge in [-0.3, -0.25) is 37.3 Å². The number of esters is 4. The Bertz CT molecular complexity index is 1940. The minimum Gasteiger partial charge on any atom is -0.462 e. The van der Waals surface area contributed by atoms with Crippen molar-refractivity contribution < 1.29 is 80.2 Å². The number of phosphoric acid groups is 2. The Kier molecular flexibility index (Phi) is 72.2. The third kappa shape index (κ3) is 76.1. The Morgan fingerprint density at radius 2 is 0.455 bits per heavy atom. The van der Waals surface area contributed by atoms with Gasteiger partial charge < -0.3 is 33.8 Å². The summed E-state index contributed by atoms with van der Waals surface area (Å²) >= 11 is 0. The minimum atomic E-state index is -4.96. The second-order valence-electron chi connectivity index (χ2n) is 30.5. The quantitative estimate of drug-likeness (QED) is 0.0222. The number of ether oxygens (including phenoxy) is 4. The number of rotatable bonds is 81. The third-order valence-electron chi connectivity index (χ3n) is 19.2. The average molecular weight is 1480 g/mol. The first-order valence-corrected chi connectivity index (χ1v) is 45.5. The molecule has 0 radical (unpaired) electrons. The molecule has 0 heterocycles. The van der Waals surface area contributed by atoms with E-state index in [0.717, 1.165) is 102 Å². The number of aliphatic hydroxyl groups is 1. The largest absolute Gasteiger partial charge is 0.472 e. The van der Waals surface area contributed by atoms with Crippen LogP contribution in [0.25, 0.3) is 0 Å². The summed E-state index contributed by atoms with van der Waals surface area (Å²) in [5, 5.41) is 10.6. The molecule has 5 atom stereocenters. The van der Waals surface area contributed by atoms with Gasteiger partial charge in [-0.2, -0.15) is 0 Å². The maximum Gasteiger partial charge on any atom is 0.472 e. The van der Waals surface area contributed by atoms with Gasteiger partial charge in [0.15, 0.2) is 12.2 Å². The zero-order valence-electron chi connectivity index (χ0n) is 66.2. The molecule has 0 bridgehead atoms. The normalized spacial score (nSPS) is 13.9. The lowest BCUT2D eigenvalue weighted by Gasteiger charge is -2.21. The van der Waals surface area contributed by atoms with Crippen LogP contribution in [0.3, 0.4) is 0 Å². The van der Waals surface area contributed by atoms with Gasteiger partial charge in [-0.15, -0.1) is 0 Å². The van der Waals surface area contributed by atoms with E-state index in [-0.39, 0.29) is 25.7 Å². The Hall–Kier alpha value is -1.94. The van der Waals surface area contributed by atoms with Crippen molar-refractivity contribution in [2.45, 2.75) is 452 Å². The molecule has 0 aliphatic heterocycles. The SMILES string of the molecule is CCCCCCCCCCCCCCCCCCCCCCC(=O)OC[C@H](COP(=O)(O)OC[C@@H](O)COP(=O)(O)OC[C@@H](COC(=O)CCCCCCCCCCC)OC(=O)CCCCCCCCCCC(C)C)OC(=O)CCCCCCCCCCCCCCCCCCCCC(C)C. The van der Waals surface area contributed by atoms with E-state index < -0.39 is 97.5 Å². The van der Waals surface area contributed by atoms with Crippen molar-refractivity contribution in [3.63, 3.8) is 0 Å². The second kappa shape index (κ2) is 73.6. The molecule has 3 N–H and O–H groups in total. The summed E-state index contributed by atoms with van der Waals surface area (Å²) in [5.41, 5.74) is 0. The first-order chi connectivity index (χ1) is 48.9. The Labute approximate surface area is 619 Å². The molecule has 0 aromatic carbocycles. The lowest BCUT2D eigenvalue weighted by Crippen LogP contribution is -2.30. The first kappa shape index (κ1) is 99.1. The van der Waals surface area contributed by atoms with E-state index in [1.807, 2.05) is 0 Å². The summed E-state index contributed by atoms with van der Waals surface area (Å²) in [4.78, 5) is 72.9. The van der Waals surface area contributed by atoms with Crippen LogP contribution in [0.4, 0.5) is 0 Å². The van der Waals surface area contributed by atoms with E-state index in [0.29, 0.717) is 25.7 Å². The number of carbonyl (C=O) groups is 4. The van der Waals surface area contributed by atoms with Crippen molar-refractivity contribution in [2.75, 3.05) is 39.6 Å². The van der Waals surface area contributed by atoms with Crippen LogP contribution >= 0.6 is 15.6 Å². The Morgan fingerprint density at radius 1 is 0.267 bits per heavy atom. The summed E-state index contributed by atoms with van der Waals surface area (Å²) in [6, 6.07) is 0. The van der Waals surface area contributed by atoms with Gasteiger partial charge in [-0.25, -0.2) is 9.13 Å². The fourth-order valence-corrected chi connectivity index (χ4v) is 14.3. The fraction of sp³-hybridized carbons (Fsp3) is 0.951. The molecular formula is C82H160O17P2. The third-order valence-corrected chi connectivity index (χ3v) is 21.1. The van der Waals surface area contributed by atoms with Crippen molar-refractivity contribution in [2.24, 2.45) is 11.8 Å². The summed E-state index contributed by atoms with van der Waals surface area (Å²) in [6.07, 6.45) is 64.1. The van der Waals surface area contributed by atoms with E-state index in [4.69, 9.17) is 37.0 Å². The van der Waals surface area contributed by atoms with Crippen molar-refractivity contribution in [1.29, 1.82) is 0 Å². The molecule has 0 aromatic heterocycles. The molecule has 17 nitrogen and oxygen atoms in total. The summed E-state index contributed by atoms with van der Waals surface area (Å²) in [7, 11) is -9.92. The van der Waals surface area contributed by atoms with Gasteiger partial charge in [0.25, 0.3) is 0 Å². The lowest BCUT2D eigenvalue weighted by molar-refractivity contribution is -0.161. The molecule has 600 valence electrons. The van der Waals surface area contributed by atoms with Crippen molar-refractivity contribution in [3.05, 3.63) is 0 Å². The fourth-order valence-electron chi connectivity index (χ4n) is 12.7. The van der Waals surface area contributed by atoms with Crippen LogP contribution in [-0.4, -0.2) is 96.7 Å². The van der Waals surface area contributed by atoms with Crippen LogP contribution in [0.15, 0.2) is 0 Å². The molecule has 101 heavy (non-hydrogen) atoms. The molecule has 0 amide bonds. The van der Waals surface area contributed by atoms with Crippen LogP contribution in [-0.2, 0) is 65.4 Å². The van der Waals surface area contributed by atoms with Crippen LogP contribution in [0.1, 0.15) is 433 Å². The predicted octanol–water partition coefficient (Wildman–Crippen LogP) is 24.7. The maximum absolute atomic E-state index is 13.1. The van der Waals surface area contributed by atoms with Crippen LogP contribution in [0.2, 0.25) is 0 Å². The standard InChI is InChI=1S/C82H160O17P2/c1-7-9-11-13-15-17-18-19-20-21-22-23-27-30-33-36-40-47-53-59-65-80(85)93-71-77(98-81(86)66-60-54-48-41-37-34-31-28-25-24-26-29-32-35-39-44-50-56-62-74(3)4)72-96-100(88,89)94-68-76(83)69-95-101(90,91)97-73-78(70-92-79(84)64-58-52-46-38-16-14-12-10-8-2)99-82(87)67-61-55-49-43-42-45-51-57-63-75(5)6/h74-78,83H,7-73H2,1-6H3,(H,88,89)(H,90,91)/t76-,77-,78-/m1/s1. The van der Waals surface area contributed by atoms with Crippen molar-refractivity contribution >= 4 is 39.5 Å². The van der Waals surface area contributed by atoms with E-state index in [9.17, 15) is 43.2 Å². The highest BCUT2D eigenvalue weighted by molar-refractivity contribution is 7.47. The van der Waals surface area contributed by atoms with E-state index in [1.165, 1.54) is 250 Å². The van der Waals surface area contributed by atoms with Crippen molar-refractivity contribution in [3.8, 4) is 0 Å². The molecule has 0 aliphatic rings. The van der Waals surface area contributed by atoms with Crippen LogP contribution < -0.4 is 0 Å². The summed E-state index contributed by atoms with van der Waals surface area (Å²) in [5.74, 6) is -0.573. The molecule has 19 heteroatoms. The molecule has 2 unspecified atom stereocenters.